The Morgan fingerprint density at radius 2 is 1.89 bits per heavy atom. The topological polar surface area (TPSA) is 59.0 Å². The van der Waals surface area contributed by atoms with Crippen molar-refractivity contribution in [3.05, 3.63) is 58.6 Å². The molecule has 0 amide bonds. The van der Waals surface area contributed by atoms with Gasteiger partial charge in [-0.1, -0.05) is 30.2 Å². The number of benzene rings is 2. The number of hydrogen-bond acceptors (Lipinski definition) is 4. The summed E-state index contributed by atoms with van der Waals surface area (Å²) >= 11 is 6.08. The molecule has 1 saturated heterocycles. The summed E-state index contributed by atoms with van der Waals surface area (Å²) in [6, 6.07) is 12.4. The maximum atomic E-state index is 11.9. The summed E-state index contributed by atoms with van der Waals surface area (Å²) in [6.07, 6.45) is 2.52. The van der Waals surface area contributed by atoms with E-state index < -0.39 is 12.0 Å². The molecule has 5 nitrogen and oxygen atoms in total. The van der Waals surface area contributed by atoms with Crippen LogP contribution in [0.4, 0.5) is 0 Å². The minimum atomic E-state index is -0.791. The molecule has 1 aliphatic rings. The lowest BCUT2D eigenvalue weighted by Crippen LogP contribution is -2.46. The number of hydrogen-bond donors (Lipinski definition) is 1. The number of carbonyl (C=O) groups is 1. The van der Waals surface area contributed by atoms with Gasteiger partial charge >= 0.3 is 5.97 Å². The van der Waals surface area contributed by atoms with Crippen LogP contribution >= 0.6 is 11.6 Å². The molecule has 2 aromatic rings. The lowest BCUT2D eigenvalue weighted by atomic mass is 9.91. The van der Waals surface area contributed by atoms with E-state index in [9.17, 15) is 9.90 Å². The Balaban J connectivity index is 2.13. The van der Waals surface area contributed by atoms with Crippen LogP contribution in [0.5, 0.6) is 11.5 Å². The molecule has 27 heavy (non-hydrogen) atoms. The maximum absolute atomic E-state index is 11.9. The van der Waals surface area contributed by atoms with E-state index in [2.05, 4.69) is 4.90 Å². The van der Waals surface area contributed by atoms with Gasteiger partial charge in [-0.15, -0.1) is 0 Å². The quantitative estimate of drug-likeness (QED) is 0.794. The first kappa shape index (κ1) is 19.5. The summed E-state index contributed by atoms with van der Waals surface area (Å²) in [5.74, 6) is 0.573. The number of piperidine rings is 1. The second-order valence-electron chi connectivity index (χ2n) is 6.65. The normalized spacial score (nSPS) is 18.7. The Labute approximate surface area is 164 Å². The summed E-state index contributed by atoms with van der Waals surface area (Å²) in [5, 5.41) is 10.4. The van der Waals surface area contributed by atoms with E-state index in [1.807, 2.05) is 42.5 Å². The van der Waals surface area contributed by atoms with Crippen molar-refractivity contribution in [2.75, 3.05) is 20.8 Å². The zero-order chi connectivity index (χ0) is 19.4. The maximum Gasteiger partial charge on any atom is 0.320 e. The van der Waals surface area contributed by atoms with Crippen molar-refractivity contribution >= 4 is 17.6 Å². The van der Waals surface area contributed by atoms with Gasteiger partial charge in [0.15, 0.2) is 0 Å². The number of likely N-dealkylation sites (tertiary alicyclic amines) is 1. The van der Waals surface area contributed by atoms with Gasteiger partial charge in [-0.3, -0.25) is 9.69 Å². The zero-order valence-electron chi connectivity index (χ0n) is 15.5. The van der Waals surface area contributed by atoms with Gasteiger partial charge in [0.1, 0.15) is 17.5 Å². The molecular formula is C21H24ClNO4. The fraction of sp³-hybridized carbons (Fsp3) is 0.381. The predicted octanol–water partition coefficient (Wildman–Crippen LogP) is 4.39. The third kappa shape index (κ3) is 4.20. The van der Waals surface area contributed by atoms with Crippen LogP contribution in [-0.2, 0) is 4.79 Å². The second-order valence-corrected chi connectivity index (χ2v) is 7.09. The van der Waals surface area contributed by atoms with E-state index in [-0.39, 0.29) is 6.04 Å². The van der Waals surface area contributed by atoms with E-state index in [4.69, 9.17) is 21.1 Å². The van der Waals surface area contributed by atoms with Gasteiger partial charge in [-0.05, 0) is 49.2 Å². The molecule has 0 aliphatic carbocycles. The number of nitrogens with zero attached hydrogens (tertiary/aromatic N) is 1. The van der Waals surface area contributed by atoms with Crippen LogP contribution in [-0.4, -0.2) is 42.8 Å². The summed E-state index contributed by atoms with van der Waals surface area (Å²) < 4.78 is 10.9. The minimum Gasteiger partial charge on any atom is -0.497 e. The number of carboxylic acids is 1. The molecular weight excluding hydrogens is 366 g/mol. The van der Waals surface area contributed by atoms with Gasteiger partial charge < -0.3 is 14.6 Å². The predicted molar refractivity (Wildman–Crippen MR) is 105 cm³/mol. The number of ether oxygens (including phenoxy) is 2. The van der Waals surface area contributed by atoms with Crippen LogP contribution in [0.15, 0.2) is 42.5 Å². The van der Waals surface area contributed by atoms with Crippen LogP contribution in [0.3, 0.4) is 0 Å². The van der Waals surface area contributed by atoms with E-state index in [1.54, 1.807) is 14.2 Å². The van der Waals surface area contributed by atoms with E-state index in [0.717, 1.165) is 24.0 Å². The first-order chi connectivity index (χ1) is 13.0. The number of rotatable bonds is 6. The Morgan fingerprint density at radius 3 is 2.52 bits per heavy atom. The highest BCUT2D eigenvalue weighted by Crippen LogP contribution is 2.40. The largest absolute Gasteiger partial charge is 0.497 e. The van der Waals surface area contributed by atoms with Crippen molar-refractivity contribution in [3.8, 4) is 11.5 Å². The van der Waals surface area contributed by atoms with Crippen molar-refractivity contribution in [3.63, 3.8) is 0 Å². The lowest BCUT2D eigenvalue weighted by molar-refractivity contribution is -0.145. The monoisotopic (exact) mass is 389 g/mol. The molecule has 2 atom stereocenters. The van der Waals surface area contributed by atoms with Crippen LogP contribution < -0.4 is 9.47 Å². The number of carboxylic acid groups (broad SMARTS) is 1. The van der Waals surface area contributed by atoms with Gasteiger partial charge in [0.25, 0.3) is 0 Å². The molecule has 1 aliphatic heterocycles. The van der Waals surface area contributed by atoms with Crippen molar-refractivity contribution in [2.45, 2.75) is 31.3 Å². The number of methoxy groups -OCH3 is 2. The number of halogens is 1. The van der Waals surface area contributed by atoms with E-state index in [1.165, 1.54) is 0 Å². The number of aliphatic carboxylic acids is 1. The van der Waals surface area contributed by atoms with Crippen LogP contribution in [0, 0.1) is 0 Å². The Hall–Kier alpha value is -2.24. The molecule has 0 saturated carbocycles. The van der Waals surface area contributed by atoms with Gasteiger partial charge in [0.05, 0.1) is 20.3 Å². The molecule has 1 heterocycles. The zero-order valence-corrected chi connectivity index (χ0v) is 16.3. The third-order valence-corrected chi connectivity index (χ3v) is 5.33. The average Bonchev–Trinajstić information content (AvgIpc) is 2.70. The van der Waals surface area contributed by atoms with Crippen LogP contribution in [0.1, 0.15) is 36.4 Å². The van der Waals surface area contributed by atoms with E-state index >= 15 is 0 Å². The minimum absolute atomic E-state index is 0.246. The third-order valence-electron chi connectivity index (χ3n) is 5.08. The molecule has 0 bridgehead atoms. The van der Waals surface area contributed by atoms with Crippen molar-refractivity contribution in [1.29, 1.82) is 0 Å². The van der Waals surface area contributed by atoms with Crippen LogP contribution in [0.2, 0.25) is 5.02 Å². The van der Waals surface area contributed by atoms with Gasteiger partial charge in [-0.2, -0.15) is 0 Å². The van der Waals surface area contributed by atoms with Crippen LogP contribution in [0.25, 0.3) is 0 Å². The lowest BCUT2D eigenvalue weighted by Gasteiger charge is -2.40. The molecule has 2 unspecified atom stereocenters. The summed E-state index contributed by atoms with van der Waals surface area (Å²) in [7, 11) is 3.22. The smallest absolute Gasteiger partial charge is 0.320 e. The molecule has 144 valence electrons. The highest BCUT2D eigenvalue weighted by Gasteiger charge is 2.36. The van der Waals surface area contributed by atoms with Gasteiger partial charge in [-0.25, -0.2) is 0 Å². The van der Waals surface area contributed by atoms with Crippen molar-refractivity contribution in [1.82, 2.24) is 4.90 Å². The molecule has 0 spiro atoms. The van der Waals surface area contributed by atoms with Gasteiger partial charge in [0, 0.05) is 16.7 Å². The highest BCUT2D eigenvalue weighted by molar-refractivity contribution is 6.30. The Bertz CT molecular complexity index is 793. The summed E-state index contributed by atoms with van der Waals surface area (Å²) in [5.41, 5.74) is 1.89. The SMILES string of the molecule is COc1ccc(C(c2ccc(Cl)cc2)N2CCCCC2C(=O)O)c(OC)c1. The summed E-state index contributed by atoms with van der Waals surface area (Å²) in [4.78, 5) is 14.0. The molecule has 2 aromatic carbocycles. The molecule has 0 radical (unpaired) electrons. The van der Waals surface area contributed by atoms with Crippen molar-refractivity contribution in [2.24, 2.45) is 0 Å². The fourth-order valence-electron chi connectivity index (χ4n) is 3.77. The second kappa shape index (κ2) is 8.63. The molecule has 0 aromatic heterocycles. The average molecular weight is 390 g/mol. The van der Waals surface area contributed by atoms with E-state index in [0.29, 0.717) is 29.5 Å². The molecule has 1 fully saturated rings. The standard InChI is InChI=1S/C21H24ClNO4/c1-26-16-10-11-17(19(13-16)27-2)20(14-6-8-15(22)9-7-14)23-12-4-3-5-18(23)21(24)25/h6-11,13,18,20H,3-5,12H2,1-2H3,(H,24,25). The molecule has 1 N–H and O–H groups in total. The van der Waals surface area contributed by atoms with Gasteiger partial charge in [0.2, 0.25) is 0 Å². The Morgan fingerprint density at radius 1 is 1.15 bits per heavy atom. The Kier molecular flexibility index (Phi) is 6.24. The first-order valence-electron chi connectivity index (χ1n) is 9.01. The highest BCUT2D eigenvalue weighted by atomic mass is 35.5. The molecule has 6 heteroatoms. The fourth-order valence-corrected chi connectivity index (χ4v) is 3.89. The molecule has 3 rings (SSSR count). The van der Waals surface area contributed by atoms with Crippen molar-refractivity contribution < 1.29 is 19.4 Å². The summed E-state index contributed by atoms with van der Waals surface area (Å²) in [6.45, 7) is 0.708. The first-order valence-corrected chi connectivity index (χ1v) is 9.39.